The summed E-state index contributed by atoms with van der Waals surface area (Å²) in [6, 6.07) is 2.87. The first kappa shape index (κ1) is 10.8. The molecule has 0 radical (unpaired) electrons. The van der Waals surface area contributed by atoms with E-state index in [1.807, 2.05) is 0 Å². The molecule has 0 aliphatic rings. The van der Waals surface area contributed by atoms with E-state index in [2.05, 4.69) is 0 Å². The van der Waals surface area contributed by atoms with Crippen molar-refractivity contribution in [1.29, 1.82) is 0 Å². The Balaban J connectivity index is 3.21. The third-order valence-electron chi connectivity index (χ3n) is 2.17. The van der Waals surface area contributed by atoms with Crippen molar-refractivity contribution >= 4 is 5.78 Å². The van der Waals surface area contributed by atoms with Gasteiger partial charge in [-0.2, -0.15) is 0 Å². The van der Waals surface area contributed by atoms with Crippen molar-refractivity contribution in [3.05, 3.63) is 35.4 Å². The van der Waals surface area contributed by atoms with Crippen LogP contribution < -0.4 is 0 Å². The second-order valence-electron chi connectivity index (χ2n) is 3.26. The lowest BCUT2D eigenvalue weighted by Crippen LogP contribution is -2.30. The maximum atomic E-state index is 12.8. The Morgan fingerprint density at radius 1 is 1.36 bits per heavy atom. The summed E-state index contributed by atoms with van der Waals surface area (Å²) in [4.78, 5) is 11.0. The van der Waals surface area contributed by atoms with Crippen molar-refractivity contribution in [3.8, 4) is 0 Å². The molecule has 0 aliphatic carbocycles. The fraction of sp³-hybridized carbons (Fsp3) is 0.300. The highest BCUT2D eigenvalue weighted by molar-refractivity contribution is 5.85. The summed E-state index contributed by atoms with van der Waals surface area (Å²) < 4.78 is 25.3. The van der Waals surface area contributed by atoms with E-state index in [0.717, 1.165) is 12.1 Å². The first-order valence-electron chi connectivity index (χ1n) is 4.04. The van der Waals surface area contributed by atoms with Crippen molar-refractivity contribution in [1.82, 2.24) is 0 Å². The smallest absolute Gasteiger partial charge is 0.165 e. The van der Waals surface area contributed by atoms with E-state index in [-0.39, 0.29) is 5.56 Å². The molecule has 0 amide bonds. The molecule has 1 unspecified atom stereocenters. The molecule has 76 valence electrons. The number of rotatable bonds is 2. The van der Waals surface area contributed by atoms with Crippen LogP contribution in [0.15, 0.2) is 18.2 Å². The number of hydrogen-bond acceptors (Lipinski definition) is 2. The molecule has 2 nitrogen and oxygen atoms in total. The summed E-state index contributed by atoms with van der Waals surface area (Å²) >= 11 is 0. The molecule has 0 heterocycles. The largest absolute Gasteiger partial charge is 0.378 e. The van der Waals surface area contributed by atoms with Crippen LogP contribution in [0, 0.1) is 11.6 Å². The van der Waals surface area contributed by atoms with Crippen molar-refractivity contribution in [2.75, 3.05) is 0 Å². The summed E-state index contributed by atoms with van der Waals surface area (Å²) in [5.41, 5.74) is -1.72. The van der Waals surface area contributed by atoms with Gasteiger partial charge in [0.2, 0.25) is 0 Å². The van der Waals surface area contributed by atoms with Crippen LogP contribution in [0.2, 0.25) is 0 Å². The monoisotopic (exact) mass is 200 g/mol. The lowest BCUT2D eigenvalue weighted by atomic mass is 9.92. The molecule has 0 aromatic heterocycles. The van der Waals surface area contributed by atoms with Gasteiger partial charge in [0.25, 0.3) is 0 Å². The predicted octanol–water partition coefficient (Wildman–Crippen LogP) is 1.76. The molecule has 1 N–H and O–H groups in total. The maximum absolute atomic E-state index is 12.8. The topological polar surface area (TPSA) is 37.3 Å². The zero-order valence-electron chi connectivity index (χ0n) is 7.84. The summed E-state index contributed by atoms with van der Waals surface area (Å²) in [5, 5.41) is 9.64. The molecule has 0 bridgehead atoms. The van der Waals surface area contributed by atoms with E-state index >= 15 is 0 Å². The Morgan fingerprint density at radius 2 is 1.93 bits per heavy atom. The average molecular weight is 200 g/mol. The molecule has 14 heavy (non-hydrogen) atoms. The van der Waals surface area contributed by atoms with E-state index in [4.69, 9.17) is 0 Å². The number of carbonyl (C=O) groups excluding carboxylic acids is 1. The van der Waals surface area contributed by atoms with Crippen LogP contribution in [-0.4, -0.2) is 10.9 Å². The van der Waals surface area contributed by atoms with Crippen molar-refractivity contribution in [3.63, 3.8) is 0 Å². The first-order valence-corrected chi connectivity index (χ1v) is 4.04. The highest BCUT2D eigenvalue weighted by Crippen LogP contribution is 2.23. The molecular formula is C10H10F2O2. The van der Waals surface area contributed by atoms with Gasteiger partial charge in [-0.25, -0.2) is 8.78 Å². The van der Waals surface area contributed by atoms with E-state index in [0.29, 0.717) is 0 Å². The summed E-state index contributed by atoms with van der Waals surface area (Å²) in [6.07, 6.45) is 0. The highest BCUT2D eigenvalue weighted by Gasteiger charge is 2.29. The van der Waals surface area contributed by atoms with Gasteiger partial charge in [0.05, 0.1) is 0 Å². The summed E-state index contributed by atoms with van der Waals surface area (Å²) in [7, 11) is 0. The zero-order chi connectivity index (χ0) is 10.9. The van der Waals surface area contributed by atoms with Crippen molar-refractivity contribution in [2.24, 2.45) is 0 Å². The average Bonchev–Trinajstić information content (AvgIpc) is 2.09. The van der Waals surface area contributed by atoms with Gasteiger partial charge in [-0.1, -0.05) is 6.07 Å². The van der Waals surface area contributed by atoms with Crippen molar-refractivity contribution < 1.29 is 18.7 Å². The number of ketones is 1. The second-order valence-corrected chi connectivity index (χ2v) is 3.26. The SMILES string of the molecule is CC(=O)C(C)(O)c1ccc(F)c(F)c1. The van der Waals surface area contributed by atoms with Gasteiger partial charge in [-0.15, -0.1) is 0 Å². The number of Topliss-reactive ketones (excluding diaryl/α,β-unsaturated/α-hetero) is 1. The minimum absolute atomic E-state index is 0.0453. The fourth-order valence-electron chi connectivity index (χ4n) is 1.00. The van der Waals surface area contributed by atoms with Crippen LogP contribution in [0.3, 0.4) is 0 Å². The van der Waals surface area contributed by atoms with Crippen LogP contribution in [0.25, 0.3) is 0 Å². The van der Waals surface area contributed by atoms with Gasteiger partial charge in [-0.3, -0.25) is 4.79 Å². The predicted molar refractivity (Wildman–Crippen MR) is 46.6 cm³/mol. The van der Waals surface area contributed by atoms with Crippen LogP contribution in [0.4, 0.5) is 8.78 Å². The Labute approximate surface area is 80.2 Å². The minimum Gasteiger partial charge on any atom is -0.378 e. The lowest BCUT2D eigenvalue weighted by molar-refractivity contribution is -0.134. The fourth-order valence-corrected chi connectivity index (χ4v) is 1.00. The van der Waals surface area contributed by atoms with E-state index in [1.165, 1.54) is 19.9 Å². The lowest BCUT2D eigenvalue weighted by Gasteiger charge is -2.20. The second kappa shape index (κ2) is 3.46. The molecule has 1 aromatic carbocycles. The van der Waals surface area contributed by atoms with E-state index < -0.39 is 23.0 Å². The number of carbonyl (C=O) groups is 1. The summed E-state index contributed by atoms with van der Waals surface area (Å²) in [6.45, 7) is 2.42. The third kappa shape index (κ3) is 1.80. The van der Waals surface area contributed by atoms with Gasteiger partial charge in [0, 0.05) is 0 Å². The van der Waals surface area contributed by atoms with Crippen LogP contribution in [-0.2, 0) is 10.4 Å². The molecule has 1 rings (SSSR count). The van der Waals surface area contributed by atoms with Gasteiger partial charge >= 0.3 is 0 Å². The number of halogens is 2. The zero-order valence-corrected chi connectivity index (χ0v) is 7.84. The number of aliphatic hydroxyl groups is 1. The Kier molecular flexibility index (Phi) is 2.66. The van der Waals surface area contributed by atoms with Crippen LogP contribution in [0.1, 0.15) is 19.4 Å². The molecule has 0 saturated heterocycles. The van der Waals surface area contributed by atoms with Crippen molar-refractivity contribution in [2.45, 2.75) is 19.4 Å². The molecular weight excluding hydrogens is 190 g/mol. The van der Waals surface area contributed by atoms with Crippen LogP contribution >= 0.6 is 0 Å². The molecule has 1 atom stereocenters. The standard InChI is InChI=1S/C10H10F2O2/c1-6(13)10(2,14)7-3-4-8(11)9(12)5-7/h3-5,14H,1-2H3. The molecule has 0 saturated carbocycles. The quantitative estimate of drug-likeness (QED) is 0.789. The molecule has 0 fully saturated rings. The van der Waals surface area contributed by atoms with Gasteiger partial charge in [-0.05, 0) is 31.5 Å². The third-order valence-corrected chi connectivity index (χ3v) is 2.17. The Bertz CT molecular complexity index is 372. The molecule has 4 heteroatoms. The highest BCUT2D eigenvalue weighted by atomic mass is 19.2. The Hall–Kier alpha value is -1.29. The maximum Gasteiger partial charge on any atom is 0.165 e. The van der Waals surface area contributed by atoms with E-state index in [9.17, 15) is 18.7 Å². The number of benzene rings is 1. The van der Waals surface area contributed by atoms with Gasteiger partial charge in [0.1, 0.15) is 5.60 Å². The van der Waals surface area contributed by atoms with E-state index in [1.54, 1.807) is 0 Å². The van der Waals surface area contributed by atoms with Crippen LogP contribution in [0.5, 0.6) is 0 Å². The first-order chi connectivity index (χ1) is 6.35. The minimum atomic E-state index is -1.77. The normalized spacial score (nSPS) is 14.9. The van der Waals surface area contributed by atoms with Gasteiger partial charge < -0.3 is 5.11 Å². The molecule has 0 aliphatic heterocycles. The molecule has 0 spiro atoms. The summed E-state index contributed by atoms with van der Waals surface area (Å²) in [5.74, 6) is -2.61. The Morgan fingerprint density at radius 3 is 2.36 bits per heavy atom. The number of hydrogen-bond donors (Lipinski definition) is 1. The molecule has 1 aromatic rings. The van der Waals surface area contributed by atoms with Gasteiger partial charge in [0.15, 0.2) is 17.4 Å².